The fraction of sp³-hybridized carbons (Fsp3) is 0.571. The van der Waals surface area contributed by atoms with Crippen LogP contribution in [0.1, 0.15) is 52.9 Å². The van der Waals surface area contributed by atoms with Gasteiger partial charge in [-0.1, -0.05) is 17.2 Å². The summed E-state index contributed by atoms with van der Waals surface area (Å²) in [5.74, 6) is -0.650. The minimum Gasteiger partial charge on any atom is -0.478 e. The van der Waals surface area contributed by atoms with Crippen molar-refractivity contribution in [1.29, 1.82) is 0 Å². The average Bonchev–Trinajstić information content (AvgIpc) is 2.15. The van der Waals surface area contributed by atoms with Crippen molar-refractivity contribution >= 4 is 11.8 Å². The number of allylic oxidation sites excluding steroid dienone is 3. The van der Waals surface area contributed by atoms with Crippen molar-refractivity contribution in [2.24, 2.45) is 0 Å². The van der Waals surface area contributed by atoms with Crippen LogP contribution in [-0.4, -0.2) is 16.9 Å². The van der Waals surface area contributed by atoms with Crippen molar-refractivity contribution in [2.75, 3.05) is 0 Å². The van der Waals surface area contributed by atoms with Crippen molar-refractivity contribution in [2.45, 2.75) is 52.9 Å². The number of carboxylic acid groups (broad SMARTS) is 1. The molecule has 1 N–H and O–H groups in total. The molecule has 0 saturated heterocycles. The highest BCUT2D eigenvalue weighted by atomic mass is 16.4. The summed E-state index contributed by atoms with van der Waals surface area (Å²) in [7, 11) is 0. The van der Waals surface area contributed by atoms with E-state index in [1.54, 1.807) is 6.92 Å². The Kier molecular flexibility index (Phi) is 8.03. The molecule has 0 amide bonds. The lowest BCUT2D eigenvalue weighted by molar-refractivity contribution is -0.131. The van der Waals surface area contributed by atoms with Gasteiger partial charge >= 0.3 is 5.97 Å². The van der Waals surface area contributed by atoms with Crippen LogP contribution in [0.5, 0.6) is 0 Å². The molecule has 0 atom stereocenters. The minimum absolute atomic E-state index is 0.234. The van der Waals surface area contributed by atoms with E-state index in [0.717, 1.165) is 31.3 Å². The van der Waals surface area contributed by atoms with Crippen LogP contribution in [0.15, 0.2) is 23.3 Å². The number of Topliss-reactive ketones (excluding diaryl/α,β-unsaturated/α-hetero) is 1. The molecule has 3 nitrogen and oxygen atoms in total. The fourth-order valence-electron chi connectivity index (χ4n) is 1.55. The zero-order valence-corrected chi connectivity index (χ0v) is 11.0. The van der Waals surface area contributed by atoms with E-state index in [0.29, 0.717) is 6.42 Å². The standard InChI is InChI=1S/C14H22O3/c1-11(7-5-9-13(3)15)6-4-8-12(2)10-14(16)17/h6,10H,4-5,7-9H2,1-3H3,(H,16,17)/b11-6+,12-10-. The van der Waals surface area contributed by atoms with E-state index in [2.05, 4.69) is 13.0 Å². The summed E-state index contributed by atoms with van der Waals surface area (Å²) in [5.41, 5.74) is 2.15. The van der Waals surface area contributed by atoms with Crippen LogP contribution in [0.25, 0.3) is 0 Å². The molecule has 96 valence electrons. The Morgan fingerprint density at radius 2 is 1.65 bits per heavy atom. The first-order valence-electron chi connectivity index (χ1n) is 5.97. The second-order valence-electron chi connectivity index (χ2n) is 4.47. The van der Waals surface area contributed by atoms with Gasteiger partial charge in [0.1, 0.15) is 5.78 Å². The number of rotatable bonds is 8. The van der Waals surface area contributed by atoms with Crippen molar-refractivity contribution in [3.8, 4) is 0 Å². The van der Waals surface area contributed by atoms with Gasteiger partial charge < -0.3 is 9.90 Å². The van der Waals surface area contributed by atoms with Gasteiger partial charge in [-0.05, 0) is 46.5 Å². The topological polar surface area (TPSA) is 54.4 Å². The van der Waals surface area contributed by atoms with Gasteiger partial charge in [0.05, 0.1) is 0 Å². The summed E-state index contributed by atoms with van der Waals surface area (Å²) in [6.45, 7) is 5.49. The Balaban J connectivity index is 3.84. The van der Waals surface area contributed by atoms with Crippen LogP contribution in [0.4, 0.5) is 0 Å². The fourth-order valence-corrected chi connectivity index (χ4v) is 1.55. The van der Waals surface area contributed by atoms with Gasteiger partial charge in [-0.25, -0.2) is 4.79 Å². The lowest BCUT2D eigenvalue weighted by atomic mass is 10.1. The number of carboxylic acids is 1. The van der Waals surface area contributed by atoms with Gasteiger partial charge in [0.15, 0.2) is 0 Å². The van der Waals surface area contributed by atoms with Gasteiger partial charge in [-0.15, -0.1) is 0 Å². The molecule has 0 heterocycles. The molecular weight excluding hydrogens is 216 g/mol. The summed E-state index contributed by atoms with van der Waals surface area (Å²) >= 11 is 0. The molecule has 0 spiro atoms. The molecular formula is C14H22O3. The largest absolute Gasteiger partial charge is 0.478 e. The molecule has 0 aliphatic rings. The first-order chi connectivity index (χ1) is 7.91. The molecule has 0 radical (unpaired) electrons. The maximum absolute atomic E-state index is 10.7. The van der Waals surface area contributed by atoms with E-state index in [1.165, 1.54) is 11.6 Å². The van der Waals surface area contributed by atoms with E-state index < -0.39 is 5.97 Å². The summed E-state index contributed by atoms with van der Waals surface area (Å²) in [4.78, 5) is 21.1. The van der Waals surface area contributed by atoms with Crippen LogP contribution in [0.3, 0.4) is 0 Å². The number of hydrogen-bond acceptors (Lipinski definition) is 2. The molecule has 0 rings (SSSR count). The average molecular weight is 238 g/mol. The van der Waals surface area contributed by atoms with Crippen LogP contribution in [-0.2, 0) is 9.59 Å². The first-order valence-corrected chi connectivity index (χ1v) is 5.97. The van der Waals surface area contributed by atoms with Crippen molar-refractivity contribution in [3.63, 3.8) is 0 Å². The summed E-state index contributed by atoms with van der Waals surface area (Å²) in [5, 5.41) is 8.54. The van der Waals surface area contributed by atoms with E-state index >= 15 is 0 Å². The second kappa shape index (κ2) is 8.74. The number of aliphatic carboxylic acids is 1. The Bertz CT molecular complexity index is 324. The highest BCUT2D eigenvalue weighted by Gasteiger charge is 1.96. The van der Waals surface area contributed by atoms with E-state index in [4.69, 9.17) is 5.11 Å². The van der Waals surface area contributed by atoms with Gasteiger partial charge in [0.2, 0.25) is 0 Å². The van der Waals surface area contributed by atoms with Crippen LogP contribution < -0.4 is 0 Å². The molecule has 0 aliphatic carbocycles. The van der Waals surface area contributed by atoms with Gasteiger partial charge in [0.25, 0.3) is 0 Å². The third kappa shape index (κ3) is 10.9. The number of ketones is 1. The molecule has 0 bridgehead atoms. The number of carbonyl (C=O) groups is 2. The monoisotopic (exact) mass is 238 g/mol. The SMILES string of the molecule is CC(=O)CCC/C(C)=C/CC/C(C)=C\C(=O)O. The molecule has 0 aromatic heterocycles. The van der Waals surface area contributed by atoms with E-state index in [-0.39, 0.29) is 5.78 Å². The zero-order valence-electron chi connectivity index (χ0n) is 11.0. The Hall–Kier alpha value is -1.38. The molecule has 3 heteroatoms. The summed E-state index contributed by atoms with van der Waals surface area (Å²) < 4.78 is 0. The summed E-state index contributed by atoms with van der Waals surface area (Å²) in [6, 6.07) is 0. The zero-order chi connectivity index (χ0) is 13.3. The molecule has 17 heavy (non-hydrogen) atoms. The maximum Gasteiger partial charge on any atom is 0.328 e. The van der Waals surface area contributed by atoms with E-state index in [1.807, 2.05) is 6.92 Å². The molecule has 0 unspecified atom stereocenters. The first kappa shape index (κ1) is 15.6. The lowest BCUT2D eigenvalue weighted by Crippen LogP contribution is -1.91. The van der Waals surface area contributed by atoms with E-state index in [9.17, 15) is 9.59 Å². The third-order valence-corrected chi connectivity index (χ3v) is 2.50. The molecule has 0 aliphatic heterocycles. The Labute approximate surface area is 103 Å². The second-order valence-corrected chi connectivity index (χ2v) is 4.47. The lowest BCUT2D eigenvalue weighted by Gasteiger charge is -2.01. The quantitative estimate of drug-likeness (QED) is 0.520. The smallest absolute Gasteiger partial charge is 0.328 e. The molecule has 0 fully saturated rings. The predicted octanol–water partition coefficient (Wildman–Crippen LogP) is 3.50. The minimum atomic E-state index is -0.885. The third-order valence-electron chi connectivity index (χ3n) is 2.50. The van der Waals surface area contributed by atoms with Crippen LogP contribution >= 0.6 is 0 Å². The Morgan fingerprint density at radius 3 is 2.18 bits per heavy atom. The molecule has 0 aromatic carbocycles. The number of hydrogen-bond donors (Lipinski definition) is 1. The Morgan fingerprint density at radius 1 is 1.00 bits per heavy atom. The highest BCUT2D eigenvalue weighted by Crippen LogP contribution is 2.11. The van der Waals surface area contributed by atoms with Crippen molar-refractivity contribution < 1.29 is 14.7 Å². The highest BCUT2D eigenvalue weighted by molar-refractivity contribution is 5.80. The maximum atomic E-state index is 10.7. The summed E-state index contributed by atoms with van der Waals surface area (Å²) in [6.07, 6.45) is 7.50. The number of carbonyl (C=O) groups excluding carboxylic acids is 1. The van der Waals surface area contributed by atoms with Crippen molar-refractivity contribution in [1.82, 2.24) is 0 Å². The van der Waals surface area contributed by atoms with Crippen LogP contribution in [0.2, 0.25) is 0 Å². The van der Waals surface area contributed by atoms with Gasteiger partial charge in [-0.2, -0.15) is 0 Å². The predicted molar refractivity (Wildman–Crippen MR) is 68.9 cm³/mol. The van der Waals surface area contributed by atoms with Crippen LogP contribution in [0, 0.1) is 0 Å². The van der Waals surface area contributed by atoms with Crippen molar-refractivity contribution in [3.05, 3.63) is 23.3 Å². The normalized spacial score (nSPS) is 12.6. The van der Waals surface area contributed by atoms with Gasteiger partial charge in [0, 0.05) is 12.5 Å². The molecule has 0 aromatic rings. The molecule has 0 saturated carbocycles. The van der Waals surface area contributed by atoms with Gasteiger partial charge in [-0.3, -0.25) is 0 Å².